The molecule has 2 rings (SSSR count). The standard InChI is InChI=1S/C17H17ClFN3O3/c1-17(2,3)25-16(24)21-10-6-7-12(19)13(9-10)22-15(23)11-5-4-8-20-14(11)18/h4-9H,1-3H3,(H,21,24)(H,22,23). The maximum absolute atomic E-state index is 13.9. The number of benzene rings is 1. The van der Waals surface area contributed by atoms with Crippen LogP contribution in [0.1, 0.15) is 31.1 Å². The zero-order valence-corrected chi connectivity index (χ0v) is 14.6. The van der Waals surface area contributed by atoms with Crippen LogP contribution < -0.4 is 10.6 Å². The van der Waals surface area contributed by atoms with Crippen LogP contribution in [0.4, 0.5) is 20.6 Å². The highest BCUT2D eigenvalue weighted by molar-refractivity contribution is 6.33. The van der Waals surface area contributed by atoms with Gasteiger partial charge in [0.1, 0.15) is 16.6 Å². The van der Waals surface area contributed by atoms with Gasteiger partial charge in [-0.3, -0.25) is 10.1 Å². The Morgan fingerprint density at radius 1 is 1.20 bits per heavy atom. The number of rotatable bonds is 3. The van der Waals surface area contributed by atoms with Crippen molar-refractivity contribution in [3.8, 4) is 0 Å². The largest absolute Gasteiger partial charge is 0.444 e. The number of ether oxygens (including phenoxy) is 1. The summed E-state index contributed by atoms with van der Waals surface area (Å²) in [4.78, 5) is 27.8. The first-order valence-electron chi connectivity index (χ1n) is 7.37. The molecule has 0 unspecified atom stereocenters. The highest BCUT2D eigenvalue weighted by Gasteiger charge is 2.17. The molecule has 0 atom stereocenters. The Hall–Kier alpha value is -2.67. The monoisotopic (exact) mass is 365 g/mol. The zero-order chi connectivity index (χ0) is 18.6. The lowest BCUT2D eigenvalue weighted by Gasteiger charge is -2.19. The molecule has 25 heavy (non-hydrogen) atoms. The normalized spacial score (nSPS) is 10.9. The number of pyridine rings is 1. The van der Waals surface area contributed by atoms with Crippen LogP contribution >= 0.6 is 11.6 Å². The first kappa shape index (κ1) is 18.7. The molecule has 0 aliphatic heterocycles. The van der Waals surface area contributed by atoms with Gasteiger partial charge in [-0.2, -0.15) is 0 Å². The number of halogens is 2. The van der Waals surface area contributed by atoms with Crippen LogP contribution in [0.25, 0.3) is 0 Å². The van der Waals surface area contributed by atoms with E-state index in [9.17, 15) is 14.0 Å². The first-order chi connectivity index (χ1) is 11.7. The molecular formula is C17H17ClFN3O3. The van der Waals surface area contributed by atoms with Gasteiger partial charge in [0.25, 0.3) is 5.91 Å². The summed E-state index contributed by atoms with van der Waals surface area (Å²) in [6.07, 6.45) is 0.747. The van der Waals surface area contributed by atoms with E-state index in [-0.39, 0.29) is 22.1 Å². The summed E-state index contributed by atoms with van der Waals surface area (Å²) in [5.41, 5.74) is -0.408. The predicted octanol–water partition coefficient (Wildman–Crippen LogP) is 4.47. The van der Waals surface area contributed by atoms with E-state index in [1.807, 2.05) is 0 Å². The molecule has 6 nitrogen and oxygen atoms in total. The molecule has 0 bridgehead atoms. The molecule has 1 aromatic carbocycles. The molecule has 1 heterocycles. The molecule has 0 aliphatic carbocycles. The number of carbonyl (C=O) groups excluding carboxylic acids is 2. The van der Waals surface area contributed by atoms with Crippen LogP contribution in [-0.2, 0) is 4.74 Å². The Bertz CT molecular complexity index is 806. The van der Waals surface area contributed by atoms with Gasteiger partial charge in [0.15, 0.2) is 0 Å². The van der Waals surface area contributed by atoms with Crippen molar-refractivity contribution in [2.24, 2.45) is 0 Å². The summed E-state index contributed by atoms with van der Waals surface area (Å²) >= 11 is 5.85. The van der Waals surface area contributed by atoms with Crippen molar-refractivity contribution in [2.45, 2.75) is 26.4 Å². The third kappa shape index (κ3) is 5.42. The van der Waals surface area contributed by atoms with Gasteiger partial charge in [-0.15, -0.1) is 0 Å². The molecule has 8 heteroatoms. The lowest BCUT2D eigenvalue weighted by molar-refractivity contribution is 0.0636. The summed E-state index contributed by atoms with van der Waals surface area (Å²) in [7, 11) is 0. The summed E-state index contributed by atoms with van der Waals surface area (Å²) in [6.45, 7) is 5.17. The number of nitrogens with zero attached hydrogens (tertiary/aromatic N) is 1. The molecule has 0 spiro atoms. The first-order valence-corrected chi connectivity index (χ1v) is 7.75. The molecule has 0 fully saturated rings. The quantitative estimate of drug-likeness (QED) is 0.786. The van der Waals surface area contributed by atoms with Gasteiger partial charge in [-0.05, 0) is 51.1 Å². The molecule has 132 valence electrons. The fourth-order valence-corrected chi connectivity index (χ4v) is 2.07. The third-order valence-electron chi connectivity index (χ3n) is 2.86. The Morgan fingerprint density at radius 3 is 2.56 bits per heavy atom. The smallest absolute Gasteiger partial charge is 0.412 e. The van der Waals surface area contributed by atoms with Gasteiger partial charge >= 0.3 is 6.09 Å². The molecule has 0 radical (unpaired) electrons. The Morgan fingerprint density at radius 2 is 1.92 bits per heavy atom. The molecular weight excluding hydrogens is 349 g/mol. The number of aromatic nitrogens is 1. The minimum atomic E-state index is -0.688. The minimum absolute atomic E-state index is 0.00319. The molecule has 0 aliphatic rings. The lowest BCUT2D eigenvalue weighted by Crippen LogP contribution is -2.27. The average Bonchev–Trinajstić information content (AvgIpc) is 2.49. The number of nitrogens with one attached hydrogen (secondary N) is 2. The number of anilines is 2. The van der Waals surface area contributed by atoms with Gasteiger partial charge in [0.05, 0.1) is 11.3 Å². The Balaban J connectivity index is 2.15. The van der Waals surface area contributed by atoms with Gasteiger partial charge in [0, 0.05) is 11.9 Å². The topological polar surface area (TPSA) is 80.3 Å². The SMILES string of the molecule is CC(C)(C)OC(=O)Nc1ccc(F)c(NC(=O)c2cccnc2Cl)c1. The van der Waals surface area contributed by atoms with E-state index in [0.717, 1.165) is 6.07 Å². The maximum atomic E-state index is 13.9. The van der Waals surface area contributed by atoms with Crippen LogP contribution in [0.15, 0.2) is 36.5 Å². The molecule has 0 saturated carbocycles. The average molecular weight is 366 g/mol. The van der Waals surface area contributed by atoms with Crippen molar-refractivity contribution in [1.29, 1.82) is 0 Å². The second-order valence-corrected chi connectivity index (χ2v) is 6.48. The van der Waals surface area contributed by atoms with Crippen molar-refractivity contribution in [3.05, 3.63) is 53.1 Å². The number of amides is 2. The molecule has 2 aromatic rings. The van der Waals surface area contributed by atoms with E-state index in [1.165, 1.54) is 30.5 Å². The maximum Gasteiger partial charge on any atom is 0.412 e. The second-order valence-electron chi connectivity index (χ2n) is 6.12. The molecule has 0 saturated heterocycles. The van der Waals surface area contributed by atoms with E-state index in [2.05, 4.69) is 15.6 Å². The highest BCUT2D eigenvalue weighted by Crippen LogP contribution is 2.22. The molecule has 1 aromatic heterocycles. The van der Waals surface area contributed by atoms with Crippen molar-refractivity contribution in [2.75, 3.05) is 10.6 Å². The minimum Gasteiger partial charge on any atom is -0.444 e. The van der Waals surface area contributed by atoms with Gasteiger partial charge < -0.3 is 10.1 Å². The van der Waals surface area contributed by atoms with E-state index in [0.29, 0.717) is 0 Å². The van der Waals surface area contributed by atoms with Crippen LogP contribution in [0.2, 0.25) is 5.15 Å². The number of carbonyl (C=O) groups is 2. The van der Waals surface area contributed by atoms with Crippen molar-refractivity contribution in [3.63, 3.8) is 0 Å². The molecule has 2 N–H and O–H groups in total. The van der Waals surface area contributed by atoms with Crippen LogP contribution in [0.3, 0.4) is 0 Å². The second kappa shape index (κ2) is 7.48. The van der Waals surface area contributed by atoms with E-state index in [4.69, 9.17) is 16.3 Å². The summed E-state index contributed by atoms with van der Waals surface area (Å²) in [5.74, 6) is -1.28. The number of hydrogen-bond donors (Lipinski definition) is 2. The van der Waals surface area contributed by atoms with E-state index >= 15 is 0 Å². The van der Waals surface area contributed by atoms with Crippen LogP contribution in [0, 0.1) is 5.82 Å². The predicted molar refractivity (Wildman–Crippen MR) is 93.5 cm³/mol. The Kier molecular flexibility index (Phi) is 5.58. The summed E-state index contributed by atoms with van der Waals surface area (Å²) < 4.78 is 19.1. The van der Waals surface area contributed by atoms with Crippen LogP contribution in [0.5, 0.6) is 0 Å². The fourth-order valence-electron chi connectivity index (χ4n) is 1.87. The van der Waals surface area contributed by atoms with Gasteiger partial charge in [-0.1, -0.05) is 11.6 Å². The van der Waals surface area contributed by atoms with E-state index < -0.39 is 23.4 Å². The van der Waals surface area contributed by atoms with Crippen molar-refractivity contribution >= 4 is 35.0 Å². The van der Waals surface area contributed by atoms with Crippen LogP contribution in [-0.4, -0.2) is 22.6 Å². The summed E-state index contributed by atoms with van der Waals surface area (Å²) in [5, 5.41) is 4.87. The summed E-state index contributed by atoms with van der Waals surface area (Å²) in [6, 6.07) is 6.75. The van der Waals surface area contributed by atoms with Crippen molar-refractivity contribution in [1.82, 2.24) is 4.98 Å². The zero-order valence-electron chi connectivity index (χ0n) is 13.9. The lowest BCUT2D eigenvalue weighted by atomic mass is 10.2. The van der Waals surface area contributed by atoms with E-state index in [1.54, 1.807) is 20.8 Å². The Labute approximate surface area is 149 Å². The highest BCUT2D eigenvalue weighted by atomic mass is 35.5. The molecule has 2 amide bonds. The third-order valence-corrected chi connectivity index (χ3v) is 3.16. The number of hydrogen-bond acceptors (Lipinski definition) is 4. The van der Waals surface area contributed by atoms with Gasteiger partial charge in [0.2, 0.25) is 0 Å². The van der Waals surface area contributed by atoms with Gasteiger partial charge in [-0.25, -0.2) is 14.2 Å². The van der Waals surface area contributed by atoms with Crippen molar-refractivity contribution < 1.29 is 18.7 Å². The fraction of sp³-hybridized carbons (Fsp3) is 0.235.